The van der Waals surface area contributed by atoms with Gasteiger partial charge in [0.25, 0.3) is 0 Å². The van der Waals surface area contributed by atoms with Gasteiger partial charge in [0.1, 0.15) is 5.65 Å². The molecule has 0 atom stereocenters. The largest absolute Gasteiger partial charge is 0.325 e. The topological polar surface area (TPSA) is 43.3 Å². The van der Waals surface area contributed by atoms with E-state index in [1.165, 1.54) is 0 Å². The van der Waals surface area contributed by atoms with E-state index < -0.39 is 0 Å². The van der Waals surface area contributed by atoms with Gasteiger partial charge >= 0.3 is 0 Å². The van der Waals surface area contributed by atoms with Crippen LogP contribution < -0.4 is 5.73 Å². The standard InChI is InChI=1S/C14H11Br2N3/c15-10-3-1-9(2-4-10)14-12(7-17)19-8-11(16)5-6-13(19)18-14/h1-6,8H,7,17H2. The fraction of sp³-hybridized carbons (Fsp3) is 0.0714. The number of imidazole rings is 1. The molecule has 19 heavy (non-hydrogen) atoms. The van der Waals surface area contributed by atoms with E-state index in [2.05, 4.69) is 36.8 Å². The Morgan fingerprint density at radius 2 is 1.68 bits per heavy atom. The Hall–Kier alpha value is -1.17. The SMILES string of the molecule is NCc1c(-c2ccc(Br)cc2)nc2ccc(Br)cn12. The molecule has 2 heterocycles. The first kappa shape index (κ1) is 12.8. The third kappa shape index (κ3) is 2.33. The summed E-state index contributed by atoms with van der Waals surface area (Å²) < 4.78 is 4.09. The number of benzene rings is 1. The first-order chi connectivity index (χ1) is 9.19. The van der Waals surface area contributed by atoms with Crippen molar-refractivity contribution >= 4 is 37.5 Å². The van der Waals surface area contributed by atoms with Crippen molar-refractivity contribution in [2.45, 2.75) is 6.54 Å². The van der Waals surface area contributed by atoms with Crippen LogP contribution in [-0.4, -0.2) is 9.38 Å². The molecule has 3 rings (SSSR count). The summed E-state index contributed by atoms with van der Waals surface area (Å²) in [6.45, 7) is 0.447. The molecule has 1 aromatic carbocycles. The van der Waals surface area contributed by atoms with Crippen molar-refractivity contribution in [3.05, 3.63) is 57.2 Å². The van der Waals surface area contributed by atoms with Crippen LogP contribution in [0.4, 0.5) is 0 Å². The Labute approximate surface area is 127 Å². The maximum Gasteiger partial charge on any atom is 0.137 e. The zero-order valence-corrected chi connectivity index (χ0v) is 13.1. The lowest BCUT2D eigenvalue weighted by Gasteiger charge is -2.03. The molecular weight excluding hydrogens is 370 g/mol. The first-order valence-electron chi connectivity index (χ1n) is 5.81. The molecule has 0 unspecified atom stereocenters. The summed E-state index contributed by atoms with van der Waals surface area (Å²) in [5.41, 5.74) is 9.82. The maximum atomic E-state index is 5.89. The molecule has 0 bridgehead atoms. The zero-order chi connectivity index (χ0) is 13.4. The Morgan fingerprint density at radius 1 is 1.00 bits per heavy atom. The predicted molar refractivity (Wildman–Crippen MR) is 83.9 cm³/mol. The van der Waals surface area contributed by atoms with Crippen LogP contribution in [0.2, 0.25) is 0 Å². The van der Waals surface area contributed by atoms with Crippen molar-refractivity contribution < 1.29 is 0 Å². The van der Waals surface area contributed by atoms with Gasteiger partial charge in [0.2, 0.25) is 0 Å². The number of aromatic nitrogens is 2. The van der Waals surface area contributed by atoms with E-state index in [9.17, 15) is 0 Å². The summed E-state index contributed by atoms with van der Waals surface area (Å²) in [4.78, 5) is 4.67. The third-order valence-corrected chi connectivity index (χ3v) is 3.99. The number of hydrogen-bond donors (Lipinski definition) is 1. The summed E-state index contributed by atoms with van der Waals surface area (Å²) in [5, 5.41) is 0. The number of nitrogens with two attached hydrogens (primary N) is 1. The molecule has 3 aromatic rings. The lowest BCUT2D eigenvalue weighted by molar-refractivity contribution is 0.959. The van der Waals surface area contributed by atoms with Gasteiger partial charge < -0.3 is 10.1 Å². The number of halogens is 2. The van der Waals surface area contributed by atoms with Crippen molar-refractivity contribution in [1.82, 2.24) is 9.38 Å². The Balaban J connectivity index is 2.25. The van der Waals surface area contributed by atoms with E-state index in [1.807, 2.05) is 47.0 Å². The summed E-state index contributed by atoms with van der Waals surface area (Å²) in [6.07, 6.45) is 1.99. The van der Waals surface area contributed by atoms with E-state index in [1.54, 1.807) is 0 Å². The highest BCUT2D eigenvalue weighted by molar-refractivity contribution is 9.10. The van der Waals surface area contributed by atoms with E-state index in [0.717, 1.165) is 31.5 Å². The van der Waals surface area contributed by atoms with Crippen molar-refractivity contribution in [2.24, 2.45) is 5.73 Å². The highest BCUT2D eigenvalue weighted by Crippen LogP contribution is 2.26. The van der Waals surface area contributed by atoms with E-state index in [0.29, 0.717) is 6.54 Å². The van der Waals surface area contributed by atoms with Crippen molar-refractivity contribution in [2.75, 3.05) is 0 Å². The van der Waals surface area contributed by atoms with Crippen LogP contribution in [0, 0.1) is 0 Å². The minimum Gasteiger partial charge on any atom is -0.325 e. The van der Waals surface area contributed by atoms with Crippen LogP contribution in [-0.2, 0) is 6.54 Å². The van der Waals surface area contributed by atoms with E-state index >= 15 is 0 Å². The molecule has 0 spiro atoms. The van der Waals surface area contributed by atoms with Crippen LogP contribution in [0.1, 0.15) is 5.69 Å². The molecule has 0 fully saturated rings. The van der Waals surface area contributed by atoms with Gasteiger partial charge in [-0.2, -0.15) is 0 Å². The monoisotopic (exact) mass is 379 g/mol. The highest BCUT2D eigenvalue weighted by atomic mass is 79.9. The first-order valence-corrected chi connectivity index (χ1v) is 7.40. The predicted octanol–water partition coefficient (Wildman–Crippen LogP) is 3.99. The van der Waals surface area contributed by atoms with Gasteiger partial charge in [-0.3, -0.25) is 0 Å². The summed E-state index contributed by atoms with van der Waals surface area (Å²) in [7, 11) is 0. The minimum absolute atomic E-state index is 0.447. The van der Waals surface area contributed by atoms with Crippen LogP contribution >= 0.6 is 31.9 Å². The fourth-order valence-electron chi connectivity index (χ4n) is 2.10. The van der Waals surface area contributed by atoms with Gasteiger partial charge in [0.05, 0.1) is 11.4 Å². The molecule has 96 valence electrons. The molecule has 0 aliphatic heterocycles. The average molecular weight is 381 g/mol. The Morgan fingerprint density at radius 3 is 2.37 bits per heavy atom. The Kier molecular flexibility index (Phi) is 3.43. The van der Waals surface area contributed by atoms with Gasteiger partial charge in [0, 0.05) is 27.3 Å². The summed E-state index contributed by atoms with van der Waals surface area (Å²) in [5.74, 6) is 0. The van der Waals surface area contributed by atoms with Crippen LogP contribution in [0.5, 0.6) is 0 Å². The molecule has 0 aliphatic carbocycles. The smallest absolute Gasteiger partial charge is 0.137 e. The van der Waals surface area contributed by atoms with Crippen molar-refractivity contribution in [3.63, 3.8) is 0 Å². The summed E-state index contributed by atoms with van der Waals surface area (Å²) in [6, 6.07) is 12.1. The van der Waals surface area contributed by atoms with E-state index in [-0.39, 0.29) is 0 Å². The molecule has 2 N–H and O–H groups in total. The third-order valence-electron chi connectivity index (χ3n) is 2.99. The number of rotatable bonds is 2. The summed E-state index contributed by atoms with van der Waals surface area (Å²) >= 11 is 6.92. The normalized spacial score (nSPS) is 11.1. The molecule has 0 aliphatic rings. The molecule has 0 radical (unpaired) electrons. The van der Waals surface area contributed by atoms with Gasteiger partial charge in [-0.05, 0) is 40.2 Å². The Bertz CT molecular complexity index is 732. The highest BCUT2D eigenvalue weighted by Gasteiger charge is 2.12. The minimum atomic E-state index is 0.447. The van der Waals surface area contributed by atoms with Gasteiger partial charge in [-0.25, -0.2) is 4.98 Å². The van der Waals surface area contributed by atoms with Gasteiger partial charge in [-0.1, -0.05) is 28.1 Å². The van der Waals surface area contributed by atoms with Crippen LogP contribution in [0.3, 0.4) is 0 Å². The second-order valence-electron chi connectivity index (χ2n) is 4.19. The fourth-order valence-corrected chi connectivity index (χ4v) is 2.70. The second-order valence-corrected chi connectivity index (χ2v) is 6.02. The average Bonchev–Trinajstić information content (AvgIpc) is 2.77. The molecule has 0 saturated heterocycles. The molecule has 3 nitrogen and oxygen atoms in total. The van der Waals surface area contributed by atoms with Crippen LogP contribution in [0.15, 0.2) is 51.5 Å². The number of hydrogen-bond acceptors (Lipinski definition) is 2. The maximum absolute atomic E-state index is 5.89. The molecule has 5 heteroatoms. The lowest BCUT2D eigenvalue weighted by atomic mass is 10.1. The molecular formula is C14H11Br2N3. The van der Waals surface area contributed by atoms with Crippen molar-refractivity contribution in [1.29, 1.82) is 0 Å². The molecule has 0 amide bonds. The number of nitrogens with zero attached hydrogens (tertiary/aromatic N) is 2. The van der Waals surface area contributed by atoms with Gasteiger partial charge in [0.15, 0.2) is 0 Å². The van der Waals surface area contributed by atoms with Gasteiger partial charge in [-0.15, -0.1) is 0 Å². The molecule has 2 aromatic heterocycles. The molecule has 0 saturated carbocycles. The van der Waals surface area contributed by atoms with E-state index in [4.69, 9.17) is 5.73 Å². The van der Waals surface area contributed by atoms with Crippen LogP contribution in [0.25, 0.3) is 16.9 Å². The quantitative estimate of drug-likeness (QED) is 0.730. The zero-order valence-electron chi connectivity index (χ0n) is 9.98. The number of fused-ring (bicyclic) bond motifs is 1. The van der Waals surface area contributed by atoms with Crippen molar-refractivity contribution in [3.8, 4) is 11.3 Å². The number of pyridine rings is 1. The lowest BCUT2D eigenvalue weighted by Crippen LogP contribution is -2.02. The second kappa shape index (κ2) is 5.07.